The molecule has 3 nitrogen and oxygen atoms in total. The average Bonchev–Trinajstić information content (AvgIpc) is 2.47. The molecule has 0 saturated heterocycles. The summed E-state index contributed by atoms with van der Waals surface area (Å²) in [7, 11) is 0. The Bertz CT molecular complexity index is 424. The highest BCUT2D eigenvalue weighted by molar-refractivity contribution is 6.30. The van der Waals surface area contributed by atoms with E-state index in [2.05, 4.69) is 0 Å². The Balaban J connectivity index is 1.94. The molecule has 2 N–H and O–H groups in total. The molecule has 1 saturated carbocycles. The van der Waals surface area contributed by atoms with E-state index in [1.165, 1.54) is 6.42 Å². The summed E-state index contributed by atoms with van der Waals surface area (Å²) < 4.78 is 5.44. The molecule has 104 valence electrons. The number of hydrogen-bond acceptors (Lipinski definition) is 3. The van der Waals surface area contributed by atoms with Crippen LogP contribution in [0.3, 0.4) is 0 Å². The average molecular weight is 282 g/mol. The molecule has 19 heavy (non-hydrogen) atoms. The highest BCUT2D eigenvalue weighted by Gasteiger charge is 2.39. The second-order valence-electron chi connectivity index (χ2n) is 5.25. The molecule has 0 bridgehead atoms. The molecule has 0 amide bonds. The summed E-state index contributed by atoms with van der Waals surface area (Å²) in [5.41, 5.74) is 6.30. The summed E-state index contributed by atoms with van der Waals surface area (Å²) >= 11 is 5.82. The SMILES string of the molecule is NCC1(C(=O)OCc2ccc(Cl)cc2)CCCCC1. The summed E-state index contributed by atoms with van der Waals surface area (Å²) in [6.07, 6.45) is 5.01. The van der Waals surface area contributed by atoms with Gasteiger partial charge in [-0.05, 0) is 30.5 Å². The van der Waals surface area contributed by atoms with Crippen LogP contribution in [0, 0.1) is 5.41 Å². The van der Waals surface area contributed by atoms with Gasteiger partial charge >= 0.3 is 5.97 Å². The first-order valence-corrected chi connectivity index (χ1v) is 7.16. The van der Waals surface area contributed by atoms with Gasteiger partial charge in [-0.3, -0.25) is 4.79 Å². The zero-order chi connectivity index (χ0) is 13.7. The molecule has 2 rings (SSSR count). The van der Waals surface area contributed by atoms with E-state index in [-0.39, 0.29) is 12.6 Å². The molecule has 0 heterocycles. The molecule has 4 heteroatoms. The van der Waals surface area contributed by atoms with Crippen LogP contribution in [0.1, 0.15) is 37.7 Å². The first-order valence-electron chi connectivity index (χ1n) is 6.78. The van der Waals surface area contributed by atoms with Gasteiger partial charge in [0.1, 0.15) is 6.61 Å². The number of esters is 1. The largest absolute Gasteiger partial charge is 0.460 e. The molecule has 1 aliphatic rings. The third kappa shape index (κ3) is 3.48. The van der Waals surface area contributed by atoms with Crippen LogP contribution >= 0.6 is 11.6 Å². The van der Waals surface area contributed by atoms with Crippen molar-refractivity contribution in [2.45, 2.75) is 38.7 Å². The maximum atomic E-state index is 12.3. The Morgan fingerprint density at radius 3 is 2.42 bits per heavy atom. The number of halogens is 1. The zero-order valence-electron chi connectivity index (χ0n) is 11.0. The molecular weight excluding hydrogens is 262 g/mol. The van der Waals surface area contributed by atoms with Gasteiger partial charge in [0, 0.05) is 11.6 Å². The van der Waals surface area contributed by atoms with Crippen LogP contribution in [0.15, 0.2) is 24.3 Å². The van der Waals surface area contributed by atoms with Gasteiger partial charge in [0.15, 0.2) is 0 Å². The Kier molecular flexibility index (Phi) is 4.83. The summed E-state index contributed by atoms with van der Waals surface area (Å²) in [4.78, 5) is 12.3. The van der Waals surface area contributed by atoms with Gasteiger partial charge in [0.25, 0.3) is 0 Å². The van der Waals surface area contributed by atoms with E-state index >= 15 is 0 Å². The Morgan fingerprint density at radius 2 is 1.84 bits per heavy atom. The lowest BCUT2D eigenvalue weighted by Gasteiger charge is -2.33. The summed E-state index contributed by atoms with van der Waals surface area (Å²) in [5.74, 6) is -0.148. The minimum atomic E-state index is -0.454. The van der Waals surface area contributed by atoms with E-state index in [1.807, 2.05) is 12.1 Å². The fraction of sp³-hybridized carbons (Fsp3) is 0.533. The van der Waals surface area contributed by atoms with E-state index in [0.29, 0.717) is 11.6 Å². The Hall–Kier alpha value is -1.06. The van der Waals surface area contributed by atoms with E-state index < -0.39 is 5.41 Å². The van der Waals surface area contributed by atoms with Crippen LogP contribution in [-0.4, -0.2) is 12.5 Å². The number of ether oxygens (including phenoxy) is 1. The van der Waals surface area contributed by atoms with Crippen LogP contribution in [-0.2, 0) is 16.1 Å². The van der Waals surface area contributed by atoms with Crippen LogP contribution in [0.5, 0.6) is 0 Å². The van der Waals surface area contributed by atoms with Gasteiger partial charge < -0.3 is 10.5 Å². The summed E-state index contributed by atoms with van der Waals surface area (Å²) in [5, 5.41) is 0.681. The lowest BCUT2D eigenvalue weighted by Crippen LogP contribution is -2.41. The van der Waals surface area contributed by atoms with E-state index in [1.54, 1.807) is 12.1 Å². The van der Waals surface area contributed by atoms with Gasteiger partial charge in [0.05, 0.1) is 5.41 Å². The van der Waals surface area contributed by atoms with Gasteiger partial charge in [0.2, 0.25) is 0 Å². The molecule has 1 aromatic carbocycles. The maximum absolute atomic E-state index is 12.3. The van der Waals surface area contributed by atoms with Crippen LogP contribution in [0.4, 0.5) is 0 Å². The first-order chi connectivity index (χ1) is 9.16. The van der Waals surface area contributed by atoms with Crippen molar-refractivity contribution >= 4 is 17.6 Å². The highest BCUT2D eigenvalue weighted by Crippen LogP contribution is 2.36. The van der Waals surface area contributed by atoms with Crippen molar-refractivity contribution in [1.82, 2.24) is 0 Å². The smallest absolute Gasteiger partial charge is 0.313 e. The predicted octanol–water partition coefficient (Wildman–Crippen LogP) is 3.29. The molecule has 0 atom stereocenters. The number of carbonyl (C=O) groups is 1. The lowest BCUT2D eigenvalue weighted by atomic mass is 9.74. The molecule has 0 aliphatic heterocycles. The van der Waals surface area contributed by atoms with Gasteiger partial charge in [-0.25, -0.2) is 0 Å². The zero-order valence-corrected chi connectivity index (χ0v) is 11.8. The Morgan fingerprint density at radius 1 is 1.21 bits per heavy atom. The molecule has 0 aromatic heterocycles. The number of carbonyl (C=O) groups excluding carboxylic acids is 1. The second-order valence-corrected chi connectivity index (χ2v) is 5.68. The highest BCUT2D eigenvalue weighted by atomic mass is 35.5. The van der Waals surface area contributed by atoms with Crippen LogP contribution < -0.4 is 5.73 Å². The monoisotopic (exact) mass is 281 g/mol. The van der Waals surface area contributed by atoms with Crippen molar-refractivity contribution in [3.63, 3.8) is 0 Å². The minimum Gasteiger partial charge on any atom is -0.460 e. The molecule has 0 unspecified atom stereocenters. The molecular formula is C15H20ClNO2. The van der Waals surface area contributed by atoms with Crippen molar-refractivity contribution < 1.29 is 9.53 Å². The van der Waals surface area contributed by atoms with Gasteiger partial charge in [-0.1, -0.05) is 43.0 Å². The third-order valence-corrected chi connectivity index (χ3v) is 4.17. The third-order valence-electron chi connectivity index (χ3n) is 3.92. The van der Waals surface area contributed by atoms with Gasteiger partial charge in [-0.15, -0.1) is 0 Å². The summed E-state index contributed by atoms with van der Waals surface area (Å²) in [6, 6.07) is 7.32. The lowest BCUT2D eigenvalue weighted by molar-refractivity contribution is -0.158. The second kappa shape index (κ2) is 6.40. The fourth-order valence-electron chi connectivity index (χ4n) is 2.60. The van der Waals surface area contributed by atoms with E-state index in [9.17, 15) is 4.79 Å². The topological polar surface area (TPSA) is 52.3 Å². The number of nitrogens with two attached hydrogens (primary N) is 1. The van der Waals surface area contributed by atoms with Crippen LogP contribution in [0.2, 0.25) is 5.02 Å². The molecule has 0 radical (unpaired) electrons. The predicted molar refractivity (Wildman–Crippen MR) is 75.8 cm³/mol. The molecule has 1 aliphatic carbocycles. The van der Waals surface area contributed by atoms with Gasteiger partial charge in [-0.2, -0.15) is 0 Å². The van der Waals surface area contributed by atoms with Crippen LogP contribution in [0.25, 0.3) is 0 Å². The van der Waals surface area contributed by atoms with Crippen molar-refractivity contribution in [1.29, 1.82) is 0 Å². The minimum absolute atomic E-state index is 0.148. The molecule has 1 aromatic rings. The summed E-state index contributed by atoms with van der Waals surface area (Å²) in [6.45, 7) is 0.671. The maximum Gasteiger partial charge on any atom is 0.313 e. The number of benzene rings is 1. The first kappa shape index (κ1) is 14.4. The van der Waals surface area contributed by atoms with Crippen molar-refractivity contribution in [3.05, 3.63) is 34.9 Å². The molecule has 0 spiro atoms. The number of rotatable bonds is 4. The standard InChI is InChI=1S/C15H20ClNO2/c16-13-6-4-12(5-7-13)10-19-14(18)15(11-17)8-2-1-3-9-15/h4-7H,1-3,8-11,17H2. The quantitative estimate of drug-likeness (QED) is 0.862. The Labute approximate surface area is 119 Å². The number of hydrogen-bond donors (Lipinski definition) is 1. The van der Waals surface area contributed by atoms with Crippen molar-refractivity contribution in [3.8, 4) is 0 Å². The normalized spacial score (nSPS) is 18.0. The van der Waals surface area contributed by atoms with E-state index in [0.717, 1.165) is 31.2 Å². The van der Waals surface area contributed by atoms with Crippen molar-refractivity contribution in [2.75, 3.05) is 6.54 Å². The fourth-order valence-corrected chi connectivity index (χ4v) is 2.73. The molecule has 1 fully saturated rings. The van der Waals surface area contributed by atoms with E-state index in [4.69, 9.17) is 22.1 Å². The van der Waals surface area contributed by atoms with Crippen molar-refractivity contribution in [2.24, 2.45) is 11.1 Å².